The molecule has 0 radical (unpaired) electrons. The van der Waals surface area contributed by atoms with E-state index >= 15 is 0 Å². The van der Waals surface area contributed by atoms with Gasteiger partial charge in [0.05, 0.1) is 25.6 Å². The van der Waals surface area contributed by atoms with Gasteiger partial charge < -0.3 is 30.3 Å². The van der Waals surface area contributed by atoms with Crippen molar-refractivity contribution in [2.45, 2.75) is 36.9 Å². The molecule has 5 N–H and O–H groups in total. The normalized spacial score (nSPS) is 22.6. The molecule has 210 valence electrons. The SMILES string of the molecule is COc1ccccc1/C=C/CN1C[C@H]2CC[C@](O)(c3ccccn3)[C@H]2C1.O=C(O)CC(O)(CC(=O)O)C(=O)O. The largest absolute Gasteiger partial charge is 0.496 e. The van der Waals surface area contributed by atoms with Crippen LogP contribution >= 0.6 is 0 Å². The highest BCUT2D eigenvalue weighted by Gasteiger charge is 2.52. The summed E-state index contributed by atoms with van der Waals surface area (Å²) in [5, 5.41) is 45.1. The number of carbonyl (C=O) groups is 3. The highest BCUT2D eigenvalue weighted by Crippen LogP contribution is 2.49. The Kier molecular flexibility index (Phi) is 9.79. The molecular weight excluding hydrogens is 508 g/mol. The van der Waals surface area contributed by atoms with Gasteiger partial charge in [0.25, 0.3) is 0 Å². The van der Waals surface area contributed by atoms with Crippen LogP contribution in [0.25, 0.3) is 6.08 Å². The van der Waals surface area contributed by atoms with E-state index in [1.54, 1.807) is 13.3 Å². The fraction of sp³-hybridized carbons (Fsp3) is 0.429. The van der Waals surface area contributed by atoms with Gasteiger partial charge in [-0.05, 0) is 37.0 Å². The van der Waals surface area contributed by atoms with E-state index in [4.69, 9.17) is 25.2 Å². The number of hydrogen-bond donors (Lipinski definition) is 5. The average Bonchev–Trinajstić information content (AvgIpc) is 3.44. The summed E-state index contributed by atoms with van der Waals surface area (Å²) in [7, 11) is 1.70. The smallest absolute Gasteiger partial charge is 0.336 e. The predicted octanol–water partition coefficient (Wildman–Crippen LogP) is 2.08. The first-order valence-electron chi connectivity index (χ1n) is 12.5. The first kappa shape index (κ1) is 29.8. The molecule has 39 heavy (non-hydrogen) atoms. The number of aliphatic hydroxyl groups is 2. The van der Waals surface area contributed by atoms with Crippen molar-refractivity contribution in [3.8, 4) is 5.75 Å². The first-order chi connectivity index (χ1) is 18.5. The van der Waals surface area contributed by atoms with Gasteiger partial charge in [-0.15, -0.1) is 0 Å². The van der Waals surface area contributed by atoms with E-state index in [9.17, 15) is 19.5 Å². The van der Waals surface area contributed by atoms with Gasteiger partial charge >= 0.3 is 17.9 Å². The zero-order chi connectivity index (χ0) is 28.6. The number of aromatic nitrogens is 1. The standard InChI is InChI=1S/C22H26N2O2.C6H8O7/c1-26-20-9-3-2-7-17(20)8-6-14-24-15-18-11-12-22(25,19(18)16-24)21-10-4-5-13-23-21;7-3(8)1-6(13,5(11)12)2-4(9)10/h2-10,13,18-19,25H,11-12,14-16H2,1H3;13H,1-2H2,(H,7,8)(H,9,10)(H,11,12)/b8-6+;/t18-,19+,22-;/m1./s1. The predicted molar refractivity (Wildman–Crippen MR) is 140 cm³/mol. The third kappa shape index (κ3) is 7.41. The molecule has 2 heterocycles. The van der Waals surface area contributed by atoms with E-state index in [2.05, 4.69) is 28.1 Å². The lowest BCUT2D eigenvalue weighted by molar-refractivity contribution is -0.170. The van der Waals surface area contributed by atoms with E-state index in [0.717, 1.165) is 49.5 Å². The topological polar surface area (TPSA) is 178 Å². The van der Waals surface area contributed by atoms with Crippen LogP contribution in [0.3, 0.4) is 0 Å². The molecule has 11 heteroatoms. The van der Waals surface area contributed by atoms with Gasteiger partial charge in [-0.1, -0.05) is 36.4 Å². The molecule has 2 fully saturated rings. The van der Waals surface area contributed by atoms with E-state index in [0.29, 0.717) is 5.92 Å². The molecule has 11 nitrogen and oxygen atoms in total. The Balaban J connectivity index is 0.000000276. The second-order valence-corrected chi connectivity index (χ2v) is 9.89. The number of benzene rings is 1. The van der Waals surface area contributed by atoms with Crippen LogP contribution in [0.2, 0.25) is 0 Å². The number of fused-ring (bicyclic) bond motifs is 1. The molecule has 2 aliphatic rings. The van der Waals surface area contributed by atoms with Crippen LogP contribution in [0.4, 0.5) is 0 Å². The molecule has 1 aromatic heterocycles. The lowest BCUT2D eigenvalue weighted by Gasteiger charge is -2.29. The number of methoxy groups -OCH3 is 1. The molecular formula is C28H34N2O9. The number of hydrogen-bond acceptors (Lipinski definition) is 8. The molecule has 0 amide bonds. The van der Waals surface area contributed by atoms with Crippen molar-refractivity contribution in [3.05, 3.63) is 66.0 Å². The number of aliphatic carboxylic acids is 3. The van der Waals surface area contributed by atoms with Crippen molar-refractivity contribution in [1.82, 2.24) is 9.88 Å². The summed E-state index contributed by atoms with van der Waals surface area (Å²) in [5.41, 5.74) is -1.58. The summed E-state index contributed by atoms with van der Waals surface area (Å²) >= 11 is 0. The van der Waals surface area contributed by atoms with Crippen molar-refractivity contribution >= 4 is 24.0 Å². The van der Waals surface area contributed by atoms with Crippen molar-refractivity contribution in [2.24, 2.45) is 11.8 Å². The van der Waals surface area contributed by atoms with E-state index in [-0.39, 0.29) is 5.92 Å². The maximum absolute atomic E-state index is 11.3. The number of rotatable bonds is 10. The van der Waals surface area contributed by atoms with Gasteiger partial charge in [-0.3, -0.25) is 19.5 Å². The zero-order valence-electron chi connectivity index (χ0n) is 21.6. The lowest BCUT2D eigenvalue weighted by atomic mass is 9.85. The average molecular weight is 543 g/mol. The quantitative estimate of drug-likeness (QED) is 0.297. The number of carboxylic acids is 3. The van der Waals surface area contributed by atoms with Crippen molar-refractivity contribution in [3.63, 3.8) is 0 Å². The molecule has 0 unspecified atom stereocenters. The number of likely N-dealkylation sites (tertiary alicyclic amines) is 1. The maximum atomic E-state index is 11.3. The Hall–Kier alpha value is -3.80. The fourth-order valence-corrected chi connectivity index (χ4v) is 5.32. The van der Waals surface area contributed by atoms with Gasteiger partial charge in [-0.25, -0.2) is 4.79 Å². The van der Waals surface area contributed by atoms with Gasteiger partial charge in [0.1, 0.15) is 11.4 Å². The monoisotopic (exact) mass is 542 g/mol. The van der Waals surface area contributed by atoms with Crippen LogP contribution in [-0.2, 0) is 20.0 Å². The Morgan fingerprint density at radius 2 is 1.74 bits per heavy atom. The van der Waals surface area contributed by atoms with Crippen LogP contribution < -0.4 is 4.74 Å². The Labute approximate surface area is 226 Å². The van der Waals surface area contributed by atoms with Gasteiger partial charge in [0.15, 0.2) is 5.60 Å². The first-order valence-corrected chi connectivity index (χ1v) is 12.5. The Morgan fingerprint density at radius 3 is 2.33 bits per heavy atom. The molecule has 0 spiro atoms. The summed E-state index contributed by atoms with van der Waals surface area (Å²) in [6.07, 6.45) is 5.71. The summed E-state index contributed by atoms with van der Waals surface area (Å²) in [4.78, 5) is 37.4. The Morgan fingerprint density at radius 1 is 1.08 bits per heavy atom. The Bertz CT molecular complexity index is 1170. The van der Waals surface area contributed by atoms with Crippen LogP contribution in [0.1, 0.15) is 36.9 Å². The number of nitrogens with zero attached hydrogens (tertiary/aromatic N) is 2. The summed E-state index contributed by atoms with van der Waals surface area (Å²) in [6.45, 7) is 2.87. The second kappa shape index (κ2) is 12.8. The summed E-state index contributed by atoms with van der Waals surface area (Å²) in [6, 6.07) is 13.9. The van der Waals surface area contributed by atoms with Crippen molar-refractivity contribution < 1.29 is 44.7 Å². The van der Waals surface area contributed by atoms with Crippen molar-refractivity contribution in [2.75, 3.05) is 26.7 Å². The highest BCUT2D eigenvalue weighted by atomic mass is 16.5. The van der Waals surface area contributed by atoms with Gasteiger partial charge in [0, 0.05) is 37.3 Å². The fourth-order valence-electron chi connectivity index (χ4n) is 5.32. The third-order valence-corrected chi connectivity index (χ3v) is 7.22. The van der Waals surface area contributed by atoms with E-state index < -0.39 is 42.0 Å². The highest BCUT2D eigenvalue weighted by molar-refractivity contribution is 5.88. The molecule has 1 aliphatic carbocycles. The molecule has 3 atom stereocenters. The molecule has 1 saturated heterocycles. The van der Waals surface area contributed by atoms with E-state index in [1.165, 1.54) is 0 Å². The molecule has 4 rings (SSSR count). The number of carboxylic acid groups (broad SMARTS) is 3. The summed E-state index contributed by atoms with van der Waals surface area (Å²) in [5.74, 6) is -3.29. The van der Waals surface area contributed by atoms with Crippen LogP contribution in [-0.4, -0.2) is 85.7 Å². The number of para-hydroxylation sites is 1. The molecule has 1 aromatic carbocycles. The molecule has 1 saturated carbocycles. The lowest BCUT2D eigenvalue weighted by Crippen LogP contribution is -2.42. The molecule has 2 aromatic rings. The van der Waals surface area contributed by atoms with Crippen LogP contribution in [0.15, 0.2) is 54.7 Å². The molecule has 0 bridgehead atoms. The minimum Gasteiger partial charge on any atom is -0.496 e. The number of pyridine rings is 1. The second-order valence-electron chi connectivity index (χ2n) is 9.89. The minimum absolute atomic E-state index is 0.275. The van der Waals surface area contributed by atoms with Crippen molar-refractivity contribution in [1.29, 1.82) is 0 Å². The van der Waals surface area contributed by atoms with Gasteiger partial charge in [-0.2, -0.15) is 0 Å². The van der Waals surface area contributed by atoms with Crippen LogP contribution in [0, 0.1) is 11.8 Å². The number of ether oxygens (including phenoxy) is 1. The zero-order valence-corrected chi connectivity index (χ0v) is 21.6. The minimum atomic E-state index is -2.74. The summed E-state index contributed by atoms with van der Waals surface area (Å²) < 4.78 is 5.40. The van der Waals surface area contributed by atoms with Gasteiger partial charge in [0.2, 0.25) is 0 Å². The maximum Gasteiger partial charge on any atom is 0.336 e. The van der Waals surface area contributed by atoms with Crippen LogP contribution in [0.5, 0.6) is 5.75 Å². The molecule has 1 aliphatic heterocycles. The third-order valence-electron chi connectivity index (χ3n) is 7.22. The van der Waals surface area contributed by atoms with E-state index in [1.807, 2.05) is 36.4 Å².